The molecule has 0 radical (unpaired) electrons. The van der Waals surface area contributed by atoms with Crippen LogP contribution < -0.4 is 0 Å². The third kappa shape index (κ3) is 1.97. The van der Waals surface area contributed by atoms with Gasteiger partial charge < -0.3 is 4.57 Å². The van der Waals surface area contributed by atoms with Crippen molar-refractivity contribution in [3.63, 3.8) is 0 Å². The Hall–Kier alpha value is -1.09. The van der Waals surface area contributed by atoms with Crippen molar-refractivity contribution in [3.8, 4) is 0 Å². The maximum absolute atomic E-state index is 11.1. The number of Topliss-reactive ketones (excluding diaryl/α,β-unsaturated/α-hetero) is 1. The third-order valence-corrected chi connectivity index (χ3v) is 3.03. The van der Waals surface area contributed by atoms with E-state index in [0.29, 0.717) is 6.42 Å². The van der Waals surface area contributed by atoms with Gasteiger partial charge in [0.15, 0.2) is 0 Å². The predicted molar refractivity (Wildman–Crippen MR) is 65.0 cm³/mol. The van der Waals surface area contributed by atoms with Crippen LogP contribution in [0.15, 0.2) is 28.7 Å². The van der Waals surface area contributed by atoms with Gasteiger partial charge in [-0.05, 0) is 31.2 Å². The summed E-state index contributed by atoms with van der Waals surface area (Å²) < 4.78 is 3.14. The van der Waals surface area contributed by atoms with Crippen LogP contribution >= 0.6 is 15.9 Å². The standard InChI is InChI=1S/C12H12BrNO/c1-8(15)5-11-7-9-6-10(13)3-4-12(9)14(11)2/h3-4,6-7H,5H2,1-2H3. The van der Waals surface area contributed by atoms with Crippen LogP contribution in [0.2, 0.25) is 0 Å². The second kappa shape index (κ2) is 3.81. The average Bonchev–Trinajstić information content (AvgIpc) is 2.42. The molecule has 1 aromatic heterocycles. The number of hydrogen-bond acceptors (Lipinski definition) is 1. The zero-order valence-electron chi connectivity index (χ0n) is 8.75. The van der Waals surface area contributed by atoms with E-state index in [1.807, 2.05) is 13.1 Å². The van der Waals surface area contributed by atoms with Gasteiger partial charge in [0.05, 0.1) is 0 Å². The van der Waals surface area contributed by atoms with Crippen LogP contribution in [0.5, 0.6) is 0 Å². The second-order valence-electron chi connectivity index (χ2n) is 3.78. The molecule has 0 spiro atoms. The van der Waals surface area contributed by atoms with E-state index in [4.69, 9.17) is 0 Å². The Morgan fingerprint density at radius 2 is 2.13 bits per heavy atom. The molecule has 0 N–H and O–H groups in total. The van der Waals surface area contributed by atoms with Gasteiger partial charge in [-0.1, -0.05) is 15.9 Å². The van der Waals surface area contributed by atoms with Crippen LogP contribution in [-0.4, -0.2) is 10.4 Å². The number of fused-ring (bicyclic) bond motifs is 1. The summed E-state index contributed by atoms with van der Waals surface area (Å²) in [4.78, 5) is 11.1. The van der Waals surface area contributed by atoms with Crippen LogP contribution in [0, 0.1) is 0 Å². The maximum atomic E-state index is 11.1. The number of hydrogen-bond donors (Lipinski definition) is 0. The summed E-state index contributed by atoms with van der Waals surface area (Å²) in [5.74, 6) is 0.194. The largest absolute Gasteiger partial charge is 0.347 e. The fourth-order valence-corrected chi connectivity index (χ4v) is 2.18. The van der Waals surface area contributed by atoms with E-state index >= 15 is 0 Å². The number of carbonyl (C=O) groups is 1. The first-order valence-electron chi connectivity index (χ1n) is 4.81. The molecule has 0 unspecified atom stereocenters. The first-order chi connectivity index (χ1) is 7.08. The van der Waals surface area contributed by atoms with E-state index in [0.717, 1.165) is 15.7 Å². The molecule has 0 aliphatic heterocycles. The molecule has 0 atom stereocenters. The zero-order chi connectivity index (χ0) is 11.0. The Labute approximate surface area is 97.0 Å². The summed E-state index contributed by atoms with van der Waals surface area (Å²) in [6.45, 7) is 1.62. The molecule has 3 heteroatoms. The molecule has 0 fully saturated rings. The Morgan fingerprint density at radius 3 is 2.80 bits per heavy atom. The number of halogens is 1. The SMILES string of the molecule is CC(=O)Cc1cc2cc(Br)ccc2n1C. The van der Waals surface area contributed by atoms with Crippen molar-refractivity contribution in [1.82, 2.24) is 4.57 Å². The van der Waals surface area contributed by atoms with E-state index < -0.39 is 0 Å². The molecule has 0 aliphatic rings. The quantitative estimate of drug-likeness (QED) is 0.818. The highest BCUT2D eigenvalue weighted by Crippen LogP contribution is 2.23. The molecule has 0 bridgehead atoms. The summed E-state index contributed by atoms with van der Waals surface area (Å²) in [5.41, 5.74) is 2.23. The molecule has 0 saturated heterocycles. The predicted octanol–water partition coefficient (Wildman–Crippen LogP) is 3.07. The van der Waals surface area contributed by atoms with E-state index in [-0.39, 0.29) is 5.78 Å². The van der Waals surface area contributed by atoms with Crippen molar-refractivity contribution in [2.75, 3.05) is 0 Å². The lowest BCUT2D eigenvalue weighted by molar-refractivity contribution is -0.116. The summed E-state index contributed by atoms with van der Waals surface area (Å²) >= 11 is 3.44. The molecular formula is C12H12BrNO. The van der Waals surface area contributed by atoms with Gasteiger partial charge in [0.25, 0.3) is 0 Å². The lowest BCUT2D eigenvalue weighted by Gasteiger charge is -2.01. The minimum Gasteiger partial charge on any atom is -0.347 e. The van der Waals surface area contributed by atoms with Gasteiger partial charge >= 0.3 is 0 Å². The topological polar surface area (TPSA) is 22.0 Å². The number of ketones is 1. The van der Waals surface area contributed by atoms with Crippen LogP contribution in [-0.2, 0) is 18.3 Å². The maximum Gasteiger partial charge on any atom is 0.135 e. The van der Waals surface area contributed by atoms with E-state index in [2.05, 4.69) is 38.7 Å². The highest BCUT2D eigenvalue weighted by atomic mass is 79.9. The minimum absolute atomic E-state index is 0.194. The average molecular weight is 266 g/mol. The van der Waals surface area contributed by atoms with E-state index in [1.54, 1.807) is 6.92 Å². The number of carbonyl (C=O) groups excluding carboxylic acids is 1. The number of nitrogens with zero attached hydrogens (tertiary/aromatic N) is 1. The zero-order valence-corrected chi connectivity index (χ0v) is 10.3. The molecule has 0 aliphatic carbocycles. The van der Waals surface area contributed by atoms with Gasteiger partial charge in [0.2, 0.25) is 0 Å². The monoisotopic (exact) mass is 265 g/mol. The first-order valence-corrected chi connectivity index (χ1v) is 5.60. The number of aryl methyl sites for hydroxylation is 1. The van der Waals surface area contributed by atoms with E-state index in [9.17, 15) is 4.79 Å². The molecule has 0 amide bonds. The fraction of sp³-hybridized carbons (Fsp3) is 0.250. The second-order valence-corrected chi connectivity index (χ2v) is 4.69. The van der Waals surface area contributed by atoms with E-state index in [1.165, 1.54) is 5.39 Å². The number of aromatic nitrogens is 1. The van der Waals surface area contributed by atoms with Crippen molar-refractivity contribution in [2.24, 2.45) is 7.05 Å². The number of benzene rings is 1. The Balaban J connectivity index is 2.58. The normalized spacial score (nSPS) is 10.9. The van der Waals surface area contributed by atoms with Gasteiger partial charge in [0.1, 0.15) is 5.78 Å². The first kappa shape index (κ1) is 10.4. The van der Waals surface area contributed by atoms with Crippen molar-refractivity contribution in [1.29, 1.82) is 0 Å². The van der Waals surface area contributed by atoms with Gasteiger partial charge in [-0.2, -0.15) is 0 Å². The van der Waals surface area contributed by atoms with Crippen LogP contribution in [0.3, 0.4) is 0 Å². The van der Waals surface area contributed by atoms with Gasteiger partial charge in [0, 0.05) is 34.5 Å². The van der Waals surface area contributed by atoms with Gasteiger partial charge in [-0.15, -0.1) is 0 Å². The molecule has 2 nitrogen and oxygen atoms in total. The highest BCUT2D eigenvalue weighted by molar-refractivity contribution is 9.10. The summed E-state index contributed by atoms with van der Waals surface area (Å²) in [6.07, 6.45) is 0.503. The molecule has 1 heterocycles. The van der Waals surface area contributed by atoms with Crippen molar-refractivity contribution >= 4 is 32.6 Å². The van der Waals surface area contributed by atoms with Crippen LogP contribution in [0.25, 0.3) is 10.9 Å². The highest BCUT2D eigenvalue weighted by Gasteiger charge is 2.07. The molecule has 15 heavy (non-hydrogen) atoms. The van der Waals surface area contributed by atoms with Crippen molar-refractivity contribution in [3.05, 3.63) is 34.4 Å². The Morgan fingerprint density at radius 1 is 1.40 bits per heavy atom. The summed E-state index contributed by atoms with van der Waals surface area (Å²) in [7, 11) is 1.99. The number of rotatable bonds is 2. The van der Waals surface area contributed by atoms with Gasteiger partial charge in [-0.25, -0.2) is 0 Å². The molecular weight excluding hydrogens is 254 g/mol. The molecule has 2 aromatic rings. The smallest absolute Gasteiger partial charge is 0.135 e. The van der Waals surface area contributed by atoms with Crippen molar-refractivity contribution in [2.45, 2.75) is 13.3 Å². The molecule has 1 aromatic carbocycles. The van der Waals surface area contributed by atoms with Crippen molar-refractivity contribution < 1.29 is 4.79 Å². The summed E-state index contributed by atoms with van der Waals surface area (Å²) in [5, 5.41) is 1.17. The Bertz CT molecular complexity index is 528. The van der Waals surface area contributed by atoms with Crippen LogP contribution in [0.1, 0.15) is 12.6 Å². The fourth-order valence-electron chi connectivity index (χ4n) is 1.80. The third-order valence-electron chi connectivity index (χ3n) is 2.53. The molecule has 2 rings (SSSR count). The van der Waals surface area contributed by atoms with Crippen LogP contribution in [0.4, 0.5) is 0 Å². The molecule has 78 valence electrons. The minimum atomic E-state index is 0.194. The molecule has 0 saturated carbocycles. The van der Waals surface area contributed by atoms with Gasteiger partial charge in [-0.3, -0.25) is 4.79 Å². The summed E-state index contributed by atoms with van der Waals surface area (Å²) in [6, 6.07) is 8.21. The lowest BCUT2D eigenvalue weighted by Crippen LogP contribution is -2.02. The lowest BCUT2D eigenvalue weighted by atomic mass is 10.2. The Kier molecular flexibility index (Phi) is 2.65.